The second-order valence-electron chi connectivity index (χ2n) is 4.82. The third kappa shape index (κ3) is 3.43. The van der Waals surface area contributed by atoms with E-state index in [1.54, 1.807) is 0 Å². The highest BCUT2D eigenvalue weighted by Gasteiger charge is 2.26. The van der Waals surface area contributed by atoms with Gasteiger partial charge in [-0.15, -0.1) is 0 Å². The lowest BCUT2D eigenvalue weighted by atomic mass is 9.94. The Morgan fingerprint density at radius 3 is 2.47 bits per heavy atom. The van der Waals surface area contributed by atoms with Crippen LogP contribution in [-0.2, 0) is 10.0 Å². The number of nitrogens with one attached hydrogen (secondary N) is 1. The number of hydrogen-bond acceptors (Lipinski definition) is 4. The molecular weight excluding hydrogens is 271 g/mol. The largest absolute Gasteiger partial charge is 0.399 e. The average molecular weight is 288 g/mol. The minimum absolute atomic E-state index is 0.178. The van der Waals surface area contributed by atoms with Crippen LogP contribution in [0.4, 0.5) is 10.1 Å². The molecule has 1 aliphatic rings. The van der Waals surface area contributed by atoms with Gasteiger partial charge in [0.2, 0.25) is 10.0 Å². The fourth-order valence-electron chi connectivity index (χ4n) is 2.21. The van der Waals surface area contributed by atoms with Crippen molar-refractivity contribution in [3.05, 3.63) is 24.0 Å². The maximum Gasteiger partial charge on any atom is 0.243 e. The monoisotopic (exact) mass is 288 g/mol. The molecule has 106 valence electrons. The minimum atomic E-state index is -3.89. The van der Waals surface area contributed by atoms with E-state index in [1.165, 1.54) is 6.07 Å². The zero-order chi connectivity index (χ0) is 14.0. The van der Waals surface area contributed by atoms with Gasteiger partial charge in [0, 0.05) is 11.7 Å². The summed E-state index contributed by atoms with van der Waals surface area (Å²) in [6.45, 7) is 0. The number of benzene rings is 1. The first-order chi connectivity index (χ1) is 8.88. The fraction of sp³-hybridized carbons (Fsp3) is 0.500. The Balaban J connectivity index is 2.14. The molecule has 1 fully saturated rings. The van der Waals surface area contributed by atoms with Crippen LogP contribution < -0.4 is 10.5 Å². The highest BCUT2D eigenvalue weighted by atomic mass is 32.2. The fourth-order valence-corrected chi connectivity index (χ4v) is 3.58. The van der Waals surface area contributed by atoms with Gasteiger partial charge in [-0.25, -0.2) is 17.5 Å². The standard InChI is InChI=1S/C12H17FN2O3S/c13-11-7-8(14)1-6-12(11)19(17,18)15-9-2-4-10(16)5-3-9/h1,6-7,9-10,15-16H,2-5,14H2. The molecule has 0 saturated heterocycles. The molecule has 0 aromatic heterocycles. The summed E-state index contributed by atoms with van der Waals surface area (Å²) < 4.78 is 40.2. The van der Waals surface area contributed by atoms with Gasteiger partial charge in [-0.1, -0.05) is 0 Å². The van der Waals surface area contributed by atoms with Gasteiger partial charge < -0.3 is 10.8 Å². The summed E-state index contributed by atoms with van der Waals surface area (Å²) in [4.78, 5) is -0.396. The molecule has 0 unspecified atom stereocenters. The zero-order valence-corrected chi connectivity index (χ0v) is 11.2. The number of rotatable bonds is 3. The summed E-state index contributed by atoms with van der Waals surface area (Å²) in [5.74, 6) is -0.858. The molecule has 5 nitrogen and oxygen atoms in total. The molecule has 0 bridgehead atoms. The lowest BCUT2D eigenvalue weighted by molar-refractivity contribution is 0.120. The van der Waals surface area contributed by atoms with Crippen molar-refractivity contribution in [1.29, 1.82) is 0 Å². The number of nitrogens with two attached hydrogens (primary N) is 1. The van der Waals surface area contributed by atoms with Crippen molar-refractivity contribution in [2.24, 2.45) is 0 Å². The Kier molecular flexibility index (Phi) is 4.07. The summed E-state index contributed by atoms with van der Waals surface area (Å²) in [5, 5.41) is 9.37. The molecule has 0 amide bonds. The van der Waals surface area contributed by atoms with Crippen LogP contribution in [0.25, 0.3) is 0 Å². The maximum absolute atomic E-state index is 13.6. The second kappa shape index (κ2) is 5.44. The Hall–Kier alpha value is -1.18. The van der Waals surface area contributed by atoms with Crippen molar-refractivity contribution in [2.75, 3.05) is 5.73 Å². The number of aliphatic hydroxyl groups excluding tert-OH is 1. The first-order valence-corrected chi connectivity index (χ1v) is 7.62. The van der Waals surface area contributed by atoms with Crippen LogP contribution in [0.5, 0.6) is 0 Å². The zero-order valence-electron chi connectivity index (χ0n) is 10.3. The van der Waals surface area contributed by atoms with Gasteiger partial charge in [-0.2, -0.15) is 0 Å². The maximum atomic E-state index is 13.6. The van der Waals surface area contributed by atoms with Crippen molar-refractivity contribution >= 4 is 15.7 Å². The highest BCUT2D eigenvalue weighted by Crippen LogP contribution is 2.22. The van der Waals surface area contributed by atoms with Gasteiger partial charge >= 0.3 is 0 Å². The van der Waals surface area contributed by atoms with Gasteiger partial charge in [-0.3, -0.25) is 0 Å². The number of halogens is 1. The molecule has 2 rings (SSSR count). The number of sulfonamides is 1. The molecule has 19 heavy (non-hydrogen) atoms. The Labute approximate surface area is 111 Å². The highest BCUT2D eigenvalue weighted by molar-refractivity contribution is 7.89. The Bertz CT molecular complexity index is 554. The first-order valence-electron chi connectivity index (χ1n) is 6.14. The van der Waals surface area contributed by atoms with Gasteiger partial charge in [-0.05, 0) is 43.9 Å². The van der Waals surface area contributed by atoms with E-state index < -0.39 is 20.7 Å². The second-order valence-corrected chi connectivity index (χ2v) is 6.50. The molecule has 4 N–H and O–H groups in total. The Morgan fingerprint density at radius 1 is 1.26 bits per heavy atom. The van der Waals surface area contributed by atoms with E-state index in [0.29, 0.717) is 25.7 Å². The summed E-state index contributed by atoms with van der Waals surface area (Å²) in [5.41, 5.74) is 5.57. The van der Waals surface area contributed by atoms with Gasteiger partial charge in [0.15, 0.2) is 0 Å². The van der Waals surface area contributed by atoms with E-state index >= 15 is 0 Å². The van der Waals surface area contributed by atoms with Crippen molar-refractivity contribution < 1.29 is 17.9 Å². The smallest absolute Gasteiger partial charge is 0.243 e. The average Bonchev–Trinajstić information content (AvgIpc) is 2.31. The van der Waals surface area contributed by atoms with Crippen molar-refractivity contribution in [3.8, 4) is 0 Å². The van der Waals surface area contributed by atoms with E-state index in [-0.39, 0.29) is 17.8 Å². The van der Waals surface area contributed by atoms with Gasteiger partial charge in [0.1, 0.15) is 10.7 Å². The third-order valence-electron chi connectivity index (χ3n) is 3.26. The van der Waals surface area contributed by atoms with Crippen LogP contribution in [0, 0.1) is 5.82 Å². The summed E-state index contributed by atoms with van der Waals surface area (Å²) in [6, 6.07) is 3.23. The van der Waals surface area contributed by atoms with E-state index in [4.69, 9.17) is 5.73 Å². The van der Waals surface area contributed by atoms with E-state index in [1.807, 2.05) is 0 Å². The van der Waals surface area contributed by atoms with Gasteiger partial charge in [0.05, 0.1) is 6.10 Å². The van der Waals surface area contributed by atoms with E-state index in [9.17, 15) is 17.9 Å². The van der Waals surface area contributed by atoms with E-state index in [2.05, 4.69) is 4.72 Å². The molecule has 1 saturated carbocycles. The molecule has 0 heterocycles. The lowest BCUT2D eigenvalue weighted by Gasteiger charge is -2.26. The lowest BCUT2D eigenvalue weighted by Crippen LogP contribution is -2.38. The Morgan fingerprint density at radius 2 is 1.89 bits per heavy atom. The van der Waals surface area contributed by atoms with Crippen molar-refractivity contribution in [1.82, 2.24) is 4.72 Å². The minimum Gasteiger partial charge on any atom is -0.399 e. The molecule has 1 aromatic carbocycles. The molecule has 1 aliphatic carbocycles. The molecule has 0 atom stereocenters. The van der Waals surface area contributed by atoms with E-state index in [0.717, 1.165) is 12.1 Å². The molecular formula is C12H17FN2O3S. The third-order valence-corrected chi connectivity index (χ3v) is 4.82. The molecule has 7 heteroatoms. The number of hydrogen-bond donors (Lipinski definition) is 3. The molecule has 0 spiro atoms. The predicted octanol–water partition coefficient (Wildman–Crippen LogP) is 0.990. The van der Waals surface area contributed by atoms with Crippen LogP contribution in [0.1, 0.15) is 25.7 Å². The number of nitrogen functional groups attached to an aromatic ring is 1. The van der Waals surface area contributed by atoms with Crippen LogP contribution in [0.2, 0.25) is 0 Å². The summed E-state index contributed by atoms with van der Waals surface area (Å²) >= 11 is 0. The molecule has 0 radical (unpaired) electrons. The predicted molar refractivity (Wildman–Crippen MR) is 69.4 cm³/mol. The van der Waals surface area contributed by atoms with Crippen LogP contribution >= 0.6 is 0 Å². The van der Waals surface area contributed by atoms with Crippen LogP contribution in [0.15, 0.2) is 23.1 Å². The van der Waals surface area contributed by atoms with Crippen molar-refractivity contribution in [3.63, 3.8) is 0 Å². The summed E-state index contributed by atoms with van der Waals surface area (Å²) in [7, 11) is -3.89. The number of anilines is 1. The topological polar surface area (TPSA) is 92.4 Å². The molecule has 0 aliphatic heterocycles. The quantitative estimate of drug-likeness (QED) is 0.723. The van der Waals surface area contributed by atoms with Crippen molar-refractivity contribution in [2.45, 2.75) is 42.7 Å². The summed E-state index contributed by atoms with van der Waals surface area (Å²) in [6.07, 6.45) is 1.84. The van der Waals surface area contributed by atoms with Crippen LogP contribution in [0.3, 0.4) is 0 Å². The first kappa shape index (κ1) is 14.2. The number of aliphatic hydroxyl groups is 1. The normalized spacial score (nSPS) is 24.3. The van der Waals surface area contributed by atoms with Gasteiger partial charge in [0.25, 0.3) is 0 Å². The molecule has 1 aromatic rings. The SMILES string of the molecule is Nc1ccc(S(=O)(=O)NC2CCC(O)CC2)c(F)c1. The van der Waals surface area contributed by atoms with Crippen LogP contribution in [-0.4, -0.2) is 25.7 Å².